The van der Waals surface area contributed by atoms with Gasteiger partial charge in [0.25, 0.3) is 0 Å². The van der Waals surface area contributed by atoms with Crippen molar-refractivity contribution in [3.05, 3.63) is 58.8 Å². The normalized spacial score (nSPS) is 11.0. The van der Waals surface area contributed by atoms with E-state index in [-0.39, 0.29) is 0 Å². The molecule has 3 aromatic rings. The van der Waals surface area contributed by atoms with Gasteiger partial charge in [-0.3, -0.25) is 0 Å². The third kappa shape index (κ3) is 1.94. The number of hydrogen-bond donors (Lipinski definition) is 1. The smallest absolute Gasteiger partial charge is 0.137 e. The molecular formula is C14H12BrN3. The average Bonchev–Trinajstić information content (AvgIpc) is 2.83. The van der Waals surface area contributed by atoms with Crippen molar-refractivity contribution in [2.75, 3.05) is 0 Å². The fourth-order valence-electron chi connectivity index (χ4n) is 1.99. The van der Waals surface area contributed by atoms with Crippen LogP contribution in [0, 0.1) is 0 Å². The molecule has 0 bridgehead atoms. The van der Waals surface area contributed by atoms with Crippen molar-refractivity contribution in [2.45, 2.75) is 6.54 Å². The molecule has 0 spiro atoms. The van der Waals surface area contributed by atoms with Crippen LogP contribution in [0.4, 0.5) is 0 Å². The number of imidazole rings is 1. The van der Waals surface area contributed by atoms with Crippen LogP contribution in [0.1, 0.15) is 5.69 Å². The van der Waals surface area contributed by atoms with Gasteiger partial charge in [0.05, 0.1) is 5.69 Å². The van der Waals surface area contributed by atoms with Gasteiger partial charge in [-0.1, -0.05) is 34.1 Å². The van der Waals surface area contributed by atoms with Crippen LogP contribution in [-0.4, -0.2) is 9.38 Å². The Labute approximate surface area is 113 Å². The second-order valence-electron chi connectivity index (χ2n) is 4.08. The number of aromatic nitrogens is 2. The molecule has 2 heterocycles. The number of nitrogens with zero attached hydrogens (tertiary/aromatic N) is 2. The Morgan fingerprint density at radius 1 is 1.11 bits per heavy atom. The Balaban J connectivity index is 2.16. The lowest BCUT2D eigenvalue weighted by Gasteiger charge is -2.00. The van der Waals surface area contributed by atoms with E-state index in [0.717, 1.165) is 27.1 Å². The molecular weight excluding hydrogens is 290 g/mol. The van der Waals surface area contributed by atoms with Crippen LogP contribution in [-0.2, 0) is 6.54 Å². The summed E-state index contributed by atoms with van der Waals surface area (Å²) in [5.41, 5.74) is 9.78. The molecule has 2 aromatic heterocycles. The molecule has 3 nitrogen and oxygen atoms in total. The van der Waals surface area contributed by atoms with Gasteiger partial charge in [-0.15, -0.1) is 0 Å². The lowest BCUT2D eigenvalue weighted by atomic mass is 10.2. The van der Waals surface area contributed by atoms with Crippen LogP contribution in [0.3, 0.4) is 0 Å². The van der Waals surface area contributed by atoms with Crippen molar-refractivity contribution in [3.8, 4) is 11.3 Å². The highest BCUT2D eigenvalue weighted by molar-refractivity contribution is 9.10. The minimum Gasteiger partial charge on any atom is -0.325 e. The maximum absolute atomic E-state index is 5.73. The van der Waals surface area contributed by atoms with E-state index in [1.807, 2.05) is 53.1 Å². The molecule has 3 rings (SSSR count). The van der Waals surface area contributed by atoms with E-state index < -0.39 is 0 Å². The fourth-order valence-corrected chi connectivity index (χ4v) is 2.26. The number of rotatable bonds is 2. The monoisotopic (exact) mass is 301 g/mol. The van der Waals surface area contributed by atoms with E-state index in [9.17, 15) is 0 Å². The minimum absolute atomic E-state index is 0.507. The van der Waals surface area contributed by atoms with Gasteiger partial charge in [0.1, 0.15) is 5.65 Å². The van der Waals surface area contributed by atoms with Gasteiger partial charge in [0.15, 0.2) is 0 Å². The topological polar surface area (TPSA) is 43.3 Å². The number of pyridine rings is 1. The average molecular weight is 302 g/mol. The summed E-state index contributed by atoms with van der Waals surface area (Å²) in [6.07, 6.45) is 2.03. The molecule has 0 saturated carbocycles. The van der Waals surface area contributed by atoms with Crippen LogP contribution in [0.5, 0.6) is 0 Å². The lowest BCUT2D eigenvalue weighted by molar-refractivity contribution is 0.946. The summed E-state index contributed by atoms with van der Waals surface area (Å²) in [7, 11) is 0. The molecule has 0 amide bonds. The zero-order chi connectivity index (χ0) is 12.5. The molecule has 90 valence electrons. The Morgan fingerprint density at radius 3 is 2.61 bits per heavy atom. The van der Waals surface area contributed by atoms with E-state index >= 15 is 0 Å². The Hall–Kier alpha value is -1.65. The first-order valence-electron chi connectivity index (χ1n) is 5.71. The summed E-state index contributed by atoms with van der Waals surface area (Å²) in [6, 6.07) is 14.1. The second-order valence-corrected chi connectivity index (χ2v) is 5.00. The molecule has 0 aliphatic heterocycles. The molecule has 1 aromatic carbocycles. The van der Waals surface area contributed by atoms with Crippen LogP contribution in [0.25, 0.3) is 16.9 Å². The lowest BCUT2D eigenvalue weighted by Crippen LogP contribution is -2.02. The largest absolute Gasteiger partial charge is 0.325 e. The first kappa shape index (κ1) is 11.4. The molecule has 0 atom stereocenters. The summed E-state index contributed by atoms with van der Waals surface area (Å²) in [4.78, 5) is 4.61. The van der Waals surface area contributed by atoms with E-state index in [1.54, 1.807) is 0 Å². The summed E-state index contributed by atoms with van der Waals surface area (Å²) >= 11 is 3.43. The summed E-state index contributed by atoms with van der Waals surface area (Å²) in [5.74, 6) is 0. The molecule has 0 unspecified atom stereocenters. The molecule has 0 aliphatic rings. The summed E-state index contributed by atoms with van der Waals surface area (Å²) < 4.78 is 3.11. The standard InChI is InChI=1S/C14H12BrN3/c15-11-6-4-10(5-7-11)13-9-18-12(8-16)2-1-3-14(18)17-13/h1-7,9H,8,16H2. The van der Waals surface area contributed by atoms with Gasteiger partial charge >= 0.3 is 0 Å². The van der Waals surface area contributed by atoms with Crippen LogP contribution < -0.4 is 5.73 Å². The maximum atomic E-state index is 5.73. The predicted molar refractivity (Wildman–Crippen MR) is 76.2 cm³/mol. The van der Waals surface area contributed by atoms with Crippen molar-refractivity contribution in [2.24, 2.45) is 5.73 Å². The molecule has 0 aliphatic carbocycles. The SMILES string of the molecule is NCc1cccc2nc(-c3ccc(Br)cc3)cn12. The fraction of sp³-hybridized carbons (Fsp3) is 0.0714. The van der Waals surface area contributed by atoms with Gasteiger partial charge in [0, 0.05) is 28.5 Å². The van der Waals surface area contributed by atoms with E-state index in [1.165, 1.54) is 0 Å². The molecule has 0 saturated heterocycles. The number of nitrogens with two attached hydrogens (primary N) is 1. The van der Waals surface area contributed by atoms with Crippen molar-refractivity contribution in [1.82, 2.24) is 9.38 Å². The Bertz CT molecular complexity index is 686. The predicted octanol–water partition coefficient (Wildman–Crippen LogP) is 3.22. The van der Waals surface area contributed by atoms with Gasteiger partial charge in [0.2, 0.25) is 0 Å². The first-order chi connectivity index (χ1) is 8.78. The highest BCUT2D eigenvalue weighted by atomic mass is 79.9. The van der Waals surface area contributed by atoms with Crippen molar-refractivity contribution < 1.29 is 0 Å². The highest BCUT2D eigenvalue weighted by Crippen LogP contribution is 2.22. The summed E-state index contributed by atoms with van der Waals surface area (Å²) in [6.45, 7) is 0.507. The van der Waals surface area contributed by atoms with Crippen molar-refractivity contribution >= 4 is 21.6 Å². The van der Waals surface area contributed by atoms with Crippen LogP contribution in [0.15, 0.2) is 53.1 Å². The Morgan fingerprint density at radius 2 is 1.89 bits per heavy atom. The van der Waals surface area contributed by atoms with E-state index in [2.05, 4.69) is 20.9 Å². The van der Waals surface area contributed by atoms with Crippen LogP contribution in [0.2, 0.25) is 0 Å². The Kier molecular flexibility index (Phi) is 2.89. The molecule has 0 radical (unpaired) electrons. The number of benzene rings is 1. The highest BCUT2D eigenvalue weighted by Gasteiger charge is 2.06. The quantitative estimate of drug-likeness (QED) is 0.790. The maximum Gasteiger partial charge on any atom is 0.137 e. The van der Waals surface area contributed by atoms with E-state index in [0.29, 0.717) is 6.54 Å². The number of halogens is 1. The molecule has 4 heteroatoms. The molecule has 0 fully saturated rings. The zero-order valence-corrected chi connectivity index (χ0v) is 11.3. The second kappa shape index (κ2) is 4.55. The van der Waals surface area contributed by atoms with Gasteiger partial charge < -0.3 is 10.1 Å². The minimum atomic E-state index is 0.507. The first-order valence-corrected chi connectivity index (χ1v) is 6.50. The number of fused-ring (bicyclic) bond motifs is 1. The number of hydrogen-bond acceptors (Lipinski definition) is 2. The van der Waals surface area contributed by atoms with Crippen molar-refractivity contribution in [3.63, 3.8) is 0 Å². The van der Waals surface area contributed by atoms with Crippen LogP contribution >= 0.6 is 15.9 Å². The van der Waals surface area contributed by atoms with Gasteiger partial charge in [-0.25, -0.2) is 4.98 Å². The third-order valence-electron chi connectivity index (χ3n) is 2.93. The van der Waals surface area contributed by atoms with Crippen molar-refractivity contribution in [1.29, 1.82) is 0 Å². The third-order valence-corrected chi connectivity index (χ3v) is 3.45. The molecule has 18 heavy (non-hydrogen) atoms. The van der Waals surface area contributed by atoms with Gasteiger partial charge in [-0.05, 0) is 24.3 Å². The van der Waals surface area contributed by atoms with Gasteiger partial charge in [-0.2, -0.15) is 0 Å². The van der Waals surface area contributed by atoms with E-state index in [4.69, 9.17) is 5.73 Å². The zero-order valence-electron chi connectivity index (χ0n) is 9.68. The summed E-state index contributed by atoms with van der Waals surface area (Å²) in [5, 5.41) is 0. The molecule has 2 N–H and O–H groups in total.